The monoisotopic (exact) mass is 381 g/mol. The van der Waals surface area contributed by atoms with Gasteiger partial charge in [0.15, 0.2) is 0 Å². The molecule has 0 radical (unpaired) electrons. The van der Waals surface area contributed by atoms with Crippen molar-refractivity contribution >= 4 is 27.3 Å². The Labute approximate surface area is 155 Å². The number of amides is 1. The van der Waals surface area contributed by atoms with Crippen LogP contribution in [0.25, 0.3) is 0 Å². The van der Waals surface area contributed by atoms with E-state index >= 15 is 0 Å². The number of sulfonamides is 1. The van der Waals surface area contributed by atoms with Crippen molar-refractivity contribution < 1.29 is 17.9 Å². The lowest BCUT2D eigenvalue weighted by Gasteiger charge is -2.31. The third-order valence-electron chi connectivity index (χ3n) is 4.99. The van der Waals surface area contributed by atoms with Gasteiger partial charge >= 0.3 is 0 Å². The van der Waals surface area contributed by atoms with Crippen LogP contribution in [-0.2, 0) is 19.6 Å². The Morgan fingerprint density at radius 2 is 1.88 bits per heavy atom. The van der Waals surface area contributed by atoms with E-state index in [0.29, 0.717) is 18.9 Å². The molecule has 8 heteroatoms. The van der Waals surface area contributed by atoms with E-state index in [1.807, 2.05) is 24.3 Å². The number of carbonyl (C=O) groups is 1. The first-order chi connectivity index (χ1) is 12.4. The predicted molar refractivity (Wildman–Crippen MR) is 102 cm³/mol. The maximum atomic E-state index is 12.6. The van der Waals surface area contributed by atoms with Gasteiger partial charge in [-0.05, 0) is 25.0 Å². The van der Waals surface area contributed by atoms with Crippen LogP contribution in [-0.4, -0.2) is 63.8 Å². The zero-order valence-electron chi connectivity index (χ0n) is 15.2. The molecule has 26 heavy (non-hydrogen) atoms. The molecule has 1 saturated carbocycles. The number of ether oxygens (including phenoxy) is 1. The van der Waals surface area contributed by atoms with Gasteiger partial charge in [0.2, 0.25) is 15.9 Å². The van der Waals surface area contributed by atoms with Gasteiger partial charge in [-0.25, -0.2) is 8.42 Å². The summed E-state index contributed by atoms with van der Waals surface area (Å²) in [6.07, 6.45) is 4.85. The number of anilines is 2. The van der Waals surface area contributed by atoms with Crippen LogP contribution >= 0.6 is 0 Å². The first-order valence-corrected chi connectivity index (χ1v) is 11.0. The first-order valence-electron chi connectivity index (χ1n) is 9.13. The zero-order chi connectivity index (χ0) is 18.6. The lowest BCUT2D eigenvalue weighted by Crippen LogP contribution is -2.43. The second-order valence-electron chi connectivity index (χ2n) is 6.91. The Morgan fingerprint density at radius 3 is 2.54 bits per heavy atom. The Bertz CT molecular complexity index is 726. The summed E-state index contributed by atoms with van der Waals surface area (Å²) in [6, 6.07) is 7.55. The van der Waals surface area contributed by atoms with E-state index in [-0.39, 0.29) is 18.5 Å². The van der Waals surface area contributed by atoms with E-state index in [1.165, 1.54) is 10.6 Å². The summed E-state index contributed by atoms with van der Waals surface area (Å²) in [5.74, 6) is -0.303. The van der Waals surface area contributed by atoms with Gasteiger partial charge in [-0.2, -0.15) is 4.31 Å². The topological polar surface area (TPSA) is 79.0 Å². The summed E-state index contributed by atoms with van der Waals surface area (Å²) in [6.45, 7) is 2.72. The molecule has 1 N–H and O–H groups in total. The molecule has 1 saturated heterocycles. The highest BCUT2D eigenvalue weighted by Gasteiger charge is 2.31. The molecule has 3 rings (SSSR count). The molecule has 0 aromatic heterocycles. The highest BCUT2D eigenvalue weighted by molar-refractivity contribution is 7.88. The predicted octanol–water partition coefficient (Wildman–Crippen LogP) is 1.67. The molecule has 1 aliphatic carbocycles. The summed E-state index contributed by atoms with van der Waals surface area (Å²) in [5.41, 5.74) is 1.65. The Balaban J connectivity index is 1.71. The van der Waals surface area contributed by atoms with Gasteiger partial charge < -0.3 is 15.0 Å². The summed E-state index contributed by atoms with van der Waals surface area (Å²) in [5, 5.41) is 2.91. The number of benzene rings is 1. The first kappa shape index (κ1) is 19.1. The highest BCUT2D eigenvalue weighted by Crippen LogP contribution is 2.28. The average molecular weight is 381 g/mol. The number of para-hydroxylation sites is 2. The molecule has 0 atom stereocenters. The normalized spacial score (nSPS) is 19.1. The minimum atomic E-state index is -3.42. The van der Waals surface area contributed by atoms with Crippen LogP contribution in [0.5, 0.6) is 0 Å². The molecule has 1 aromatic rings. The third-order valence-corrected chi connectivity index (χ3v) is 6.27. The number of nitrogens with zero attached hydrogens (tertiary/aromatic N) is 2. The van der Waals surface area contributed by atoms with Crippen molar-refractivity contribution in [2.75, 3.05) is 49.3 Å². The van der Waals surface area contributed by atoms with Crippen molar-refractivity contribution in [1.82, 2.24) is 4.31 Å². The van der Waals surface area contributed by atoms with Crippen LogP contribution in [0.1, 0.15) is 25.7 Å². The molecule has 0 spiro atoms. The summed E-state index contributed by atoms with van der Waals surface area (Å²) in [4.78, 5) is 14.8. The highest BCUT2D eigenvalue weighted by atomic mass is 32.2. The molecule has 2 aliphatic rings. The van der Waals surface area contributed by atoms with Crippen LogP contribution in [0.3, 0.4) is 0 Å². The summed E-state index contributed by atoms with van der Waals surface area (Å²) < 4.78 is 31.0. The number of carbonyl (C=O) groups excluding carboxylic acids is 1. The van der Waals surface area contributed by atoms with E-state index in [1.54, 1.807) is 0 Å². The fourth-order valence-electron chi connectivity index (χ4n) is 3.70. The Kier molecular flexibility index (Phi) is 6.16. The number of hydrogen-bond donors (Lipinski definition) is 1. The Morgan fingerprint density at radius 1 is 1.23 bits per heavy atom. The molecule has 2 fully saturated rings. The second kappa shape index (κ2) is 8.37. The molecular weight excluding hydrogens is 354 g/mol. The molecule has 1 aliphatic heterocycles. The number of morpholine rings is 1. The number of nitrogens with one attached hydrogen (secondary N) is 1. The van der Waals surface area contributed by atoms with E-state index < -0.39 is 10.0 Å². The average Bonchev–Trinajstić information content (AvgIpc) is 3.14. The standard InChI is InChI=1S/C18H27N3O4S/c1-26(23,24)21(15-6-2-3-7-15)14-18(22)19-16-8-4-5-9-17(16)20-10-12-25-13-11-20/h4-5,8-9,15H,2-3,6-7,10-14H2,1H3,(H,19,22). The van der Waals surface area contributed by atoms with Gasteiger partial charge in [0, 0.05) is 19.1 Å². The minimum absolute atomic E-state index is 0.0646. The fourth-order valence-corrected chi connectivity index (χ4v) is 4.80. The molecule has 0 bridgehead atoms. The second-order valence-corrected chi connectivity index (χ2v) is 8.85. The fraction of sp³-hybridized carbons (Fsp3) is 0.611. The zero-order valence-corrected chi connectivity index (χ0v) is 16.0. The molecule has 7 nitrogen and oxygen atoms in total. The van der Waals surface area contributed by atoms with E-state index in [4.69, 9.17) is 4.74 Å². The van der Waals surface area contributed by atoms with Gasteiger partial charge in [-0.1, -0.05) is 25.0 Å². The van der Waals surface area contributed by atoms with E-state index in [9.17, 15) is 13.2 Å². The Hall–Kier alpha value is -1.64. The van der Waals surface area contributed by atoms with Crippen molar-refractivity contribution in [3.63, 3.8) is 0 Å². The van der Waals surface area contributed by atoms with Crippen LogP contribution in [0, 0.1) is 0 Å². The number of hydrogen-bond acceptors (Lipinski definition) is 5. The largest absolute Gasteiger partial charge is 0.378 e. The molecule has 0 unspecified atom stereocenters. The quantitative estimate of drug-likeness (QED) is 0.811. The molecular formula is C18H27N3O4S. The minimum Gasteiger partial charge on any atom is -0.378 e. The van der Waals surface area contributed by atoms with Gasteiger partial charge in [0.1, 0.15) is 0 Å². The molecule has 144 valence electrons. The van der Waals surface area contributed by atoms with Crippen molar-refractivity contribution in [1.29, 1.82) is 0 Å². The molecule has 1 amide bonds. The van der Waals surface area contributed by atoms with Gasteiger partial charge in [-0.3, -0.25) is 4.79 Å². The van der Waals surface area contributed by atoms with Crippen LogP contribution < -0.4 is 10.2 Å². The SMILES string of the molecule is CS(=O)(=O)N(CC(=O)Nc1ccccc1N1CCOCC1)C1CCCC1. The van der Waals surface area contributed by atoms with Crippen LogP contribution in [0.15, 0.2) is 24.3 Å². The van der Waals surface area contributed by atoms with Gasteiger partial charge in [0.25, 0.3) is 0 Å². The van der Waals surface area contributed by atoms with Crippen molar-refractivity contribution in [3.05, 3.63) is 24.3 Å². The van der Waals surface area contributed by atoms with E-state index in [2.05, 4.69) is 10.2 Å². The van der Waals surface area contributed by atoms with Crippen molar-refractivity contribution in [2.24, 2.45) is 0 Å². The van der Waals surface area contributed by atoms with Crippen LogP contribution in [0.4, 0.5) is 11.4 Å². The maximum absolute atomic E-state index is 12.6. The van der Waals surface area contributed by atoms with Crippen molar-refractivity contribution in [2.45, 2.75) is 31.7 Å². The van der Waals surface area contributed by atoms with Crippen LogP contribution in [0.2, 0.25) is 0 Å². The van der Waals surface area contributed by atoms with Gasteiger partial charge in [0.05, 0.1) is 37.4 Å². The van der Waals surface area contributed by atoms with Gasteiger partial charge in [-0.15, -0.1) is 0 Å². The smallest absolute Gasteiger partial charge is 0.239 e. The molecule has 1 heterocycles. The molecule has 1 aromatic carbocycles. The van der Waals surface area contributed by atoms with Crippen molar-refractivity contribution in [3.8, 4) is 0 Å². The lowest BCUT2D eigenvalue weighted by atomic mass is 10.2. The number of rotatable bonds is 6. The van der Waals surface area contributed by atoms with E-state index in [0.717, 1.165) is 44.5 Å². The maximum Gasteiger partial charge on any atom is 0.239 e. The lowest BCUT2D eigenvalue weighted by molar-refractivity contribution is -0.116. The summed E-state index contributed by atoms with van der Waals surface area (Å²) in [7, 11) is -3.42. The summed E-state index contributed by atoms with van der Waals surface area (Å²) >= 11 is 0. The third kappa shape index (κ3) is 4.75.